The third-order valence-electron chi connectivity index (χ3n) is 1.96. The van der Waals surface area contributed by atoms with Gasteiger partial charge in [-0.05, 0) is 18.2 Å². The van der Waals surface area contributed by atoms with Crippen LogP contribution in [0.4, 0.5) is 4.39 Å². The third kappa shape index (κ3) is 1.46. The molecule has 0 unspecified atom stereocenters. The molecule has 0 atom stereocenters. The van der Waals surface area contributed by atoms with E-state index in [1.54, 1.807) is 0 Å². The second-order valence-corrected chi connectivity index (χ2v) is 2.97. The first kappa shape index (κ1) is 8.74. The van der Waals surface area contributed by atoms with Gasteiger partial charge in [0, 0.05) is 10.9 Å². The van der Waals surface area contributed by atoms with Gasteiger partial charge >= 0.3 is 5.97 Å². The normalized spacial score (nSPS) is 10.6. The molecular weight excluding hydrogens is 187 g/mol. The molecule has 4 heteroatoms. The lowest BCUT2D eigenvalue weighted by atomic mass is 10.1. The monoisotopic (exact) mass is 194 g/mol. The first-order chi connectivity index (χ1) is 6.66. The molecule has 0 aliphatic carbocycles. The van der Waals surface area contributed by atoms with Crippen molar-refractivity contribution in [1.29, 1.82) is 0 Å². The average molecular weight is 194 g/mol. The van der Waals surface area contributed by atoms with Gasteiger partial charge in [0.2, 0.25) is 0 Å². The Morgan fingerprint density at radius 2 is 2.29 bits per heavy atom. The summed E-state index contributed by atoms with van der Waals surface area (Å²) in [6, 6.07) is 4.03. The van der Waals surface area contributed by atoms with E-state index in [0.29, 0.717) is 16.5 Å². The Morgan fingerprint density at radius 3 is 3.00 bits per heavy atom. The van der Waals surface area contributed by atoms with Crippen molar-refractivity contribution in [3.8, 4) is 0 Å². The van der Waals surface area contributed by atoms with Crippen LogP contribution in [0.3, 0.4) is 0 Å². The van der Waals surface area contributed by atoms with E-state index < -0.39 is 11.8 Å². The summed E-state index contributed by atoms with van der Waals surface area (Å²) in [6.45, 7) is 0. The Hall–Kier alpha value is -1.84. The van der Waals surface area contributed by atoms with Crippen molar-refractivity contribution in [2.75, 3.05) is 0 Å². The van der Waals surface area contributed by atoms with Gasteiger partial charge in [0.15, 0.2) is 0 Å². The number of hydrogen-bond acceptors (Lipinski definition) is 2. The topological polar surface area (TPSA) is 50.4 Å². The molecule has 2 aromatic rings. The lowest BCUT2D eigenvalue weighted by Crippen LogP contribution is -1.98. The molecule has 1 heterocycles. The number of rotatable bonds is 2. The second-order valence-electron chi connectivity index (χ2n) is 2.97. The second kappa shape index (κ2) is 3.14. The summed E-state index contributed by atoms with van der Waals surface area (Å²) in [6.07, 6.45) is 1.19. The molecule has 0 radical (unpaired) electrons. The van der Waals surface area contributed by atoms with Gasteiger partial charge in [-0.15, -0.1) is 0 Å². The predicted octanol–water partition coefficient (Wildman–Crippen LogP) is 2.20. The fourth-order valence-electron chi connectivity index (χ4n) is 1.35. The quantitative estimate of drug-likeness (QED) is 0.797. The molecule has 0 aliphatic heterocycles. The van der Waals surface area contributed by atoms with Gasteiger partial charge in [-0.3, -0.25) is 4.79 Å². The maximum atomic E-state index is 12.8. The Kier molecular flexibility index (Phi) is 1.96. The molecule has 1 aromatic carbocycles. The van der Waals surface area contributed by atoms with E-state index in [0.717, 1.165) is 0 Å². The number of benzene rings is 1. The SMILES string of the molecule is O=C(O)Cc1coc2ccc(F)cc12. The molecule has 0 spiro atoms. The molecule has 0 saturated heterocycles. The van der Waals surface area contributed by atoms with Crippen LogP contribution in [0.25, 0.3) is 11.0 Å². The fourth-order valence-corrected chi connectivity index (χ4v) is 1.35. The molecule has 0 aliphatic rings. The van der Waals surface area contributed by atoms with Gasteiger partial charge in [0.1, 0.15) is 11.4 Å². The molecule has 72 valence electrons. The minimum absolute atomic E-state index is 0.156. The highest BCUT2D eigenvalue weighted by Gasteiger charge is 2.09. The molecule has 0 saturated carbocycles. The highest BCUT2D eigenvalue weighted by molar-refractivity contribution is 5.85. The fraction of sp³-hybridized carbons (Fsp3) is 0.100. The predicted molar refractivity (Wildman–Crippen MR) is 47.5 cm³/mol. The maximum absolute atomic E-state index is 12.8. The summed E-state index contributed by atoms with van der Waals surface area (Å²) in [4.78, 5) is 10.5. The maximum Gasteiger partial charge on any atom is 0.307 e. The summed E-state index contributed by atoms with van der Waals surface area (Å²) in [7, 11) is 0. The lowest BCUT2D eigenvalue weighted by Gasteiger charge is -1.92. The highest BCUT2D eigenvalue weighted by Crippen LogP contribution is 2.22. The van der Waals surface area contributed by atoms with Gasteiger partial charge in [0.05, 0.1) is 12.7 Å². The van der Waals surface area contributed by atoms with Gasteiger partial charge in [-0.1, -0.05) is 0 Å². The van der Waals surface area contributed by atoms with Crippen LogP contribution in [0.5, 0.6) is 0 Å². The summed E-state index contributed by atoms with van der Waals surface area (Å²) in [5, 5.41) is 9.10. The standard InChI is InChI=1S/C10H7FO3/c11-7-1-2-9-8(4-7)6(5-14-9)3-10(12)13/h1-2,4-5H,3H2,(H,12,13). The highest BCUT2D eigenvalue weighted by atomic mass is 19.1. The van der Waals surface area contributed by atoms with Gasteiger partial charge in [-0.2, -0.15) is 0 Å². The van der Waals surface area contributed by atoms with E-state index in [-0.39, 0.29) is 6.42 Å². The summed E-state index contributed by atoms with van der Waals surface area (Å²) in [5.74, 6) is -1.36. The summed E-state index contributed by atoms with van der Waals surface area (Å²) < 4.78 is 17.9. The first-order valence-electron chi connectivity index (χ1n) is 4.04. The van der Waals surface area contributed by atoms with Crippen molar-refractivity contribution in [1.82, 2.24) is 0 Å². The molecule has 3 nitrogen and oxygen atoms in total. The Morgan fingerprint density at radius 1 is 1.50 bits per heavy atom. The first-order valence-corrected chi connectivity index (χ1v) is 4.04. The van der Waals surface area contributed by atoms with Crippen molar-refractivity contribution in [2.24, 2.45) is 0 Å². The number of hydrogen-bond donors (Lipinski definition) is 1. The number of furan rings is 1. The Bertz CT molecular complexity index is 487. The Balaban J connectivity index is 2.55. The van der Waals surface area contributed by atoms with Crippen molar-refractivity contribution in [3.05, 3.63) is 35.8 Å². The van der Waals surface area contributed by atoms with Crippen LogP contribution in [0.15, 0.2) is 28.9 Å². The van der Waals surface area contributed by atoms with Gasteiger partial charge in [0.25, 0.3) is 0 Å². The van der Waals surface area contributed by atoms with E-state index in [9.17, 15) is 9.18 Å². The van der Waals surface area contributed by atoms with Crippen molar-refractivity contribution in [3.63, 3.8) is 0 Å². The molecule has 0 bridgehead atoms. The smallest absolute Gasteiger partial charge is 0.307 e. The number of carbonyl (C=O) groups is 1. The van der Waals surface area contributed by atoms with Crippen LogP contribution >= 0.6 is 0 Å². The van der Waals surface area contributed by atoms with Crippen molar-refractivity contribution < 1.29 is 18.7 Å². The number of halogens is 1. The number of carboxylic acid groups (broad SMARTS) is 1. The zero-order valence-electron chi connectivity index (χ0n) is 7.16. The molecule has 1 N–H and O–H groups in total. The molecule has 0 fully saturated rings. The minimum atomic E-state index is -0.961. The van der Waals surface area contributed by atoms with Crippen molar-refractivity contribution in [2.45, 2.75) is 6.42 Å². The third-order valence-corrected chi connectivity index (χ3v) is 1.96. The van der Waals surface area contributed by atoms with E-state index >= 15 is 0 Å². The zero-order chi connectivity index (χ0) is 10.1. The average Bonchev–Trinajstić information content (AvgIpc) is 2.47. The lowest BCUT2D eigenvalue weighted by molar-refractivity contribution is -0.136. The van der Waals surface area contributed by atoms with Gasteiger partial charge < -0.3 is 9.52 Å². The summed E-state index contributed by atoms with van der Waals surface area (Å²) in [5.41, 5.74) is 0.995. The Labute approximate surface area is 78.8 Å². The van der Waals surface area contributed by atoms with E-state index in [2.05, 4.69) is 0 Å². The number of carboxylic acids is 1. The molecule has 1 aromatic heterocycles. The van der Waals surface area contributed by atoms with E-state index in [1.165, 1.54) is 24.5 Å². The van der Waals surface area contributed by atoms with Crippen LogP contribution in [0.1, 0.15) is 5.56 Å². The number of fused-ring (bicyclic) bond motifs is 1. The molecule has 0 amide bonds. The van der Waals surface area contributed by atoms with Crippen LogP contribution in [0, 0.1) is 5.82 Å². The van der Waals surface area contributed by atoms with Crippen LogP contribution in [-0.2, 0) is 11.2 Å². The molecular formula is C10H7FO3. The molecule has 2 rings (SSSR count). The number of aliphatic carboxylic acids is 1. The minimum Gasteiger partial charge on any atom is -0.481 e. The van der Waals surface area contributed by atoms with Crippen LogP contribution in [-0.4, -0.2) is 11.1 Å². The summed E-state index contributed by atoms with van der Waals surface area (Å²) >= 11 is 0. The largest absolute Gasteiger partial charge is 0.481 e. The molecule has 14 heavy (non-hydrogen) atoms. The van der Waals surface area contributed by atoms with E-state index in [1.807, 2.05) is 0 Å². The van der Waals surface area contributed by atoms with E-state index in [4.69, 9.17) is 9.52 Å². The van der Waals surface area contributed by atoms with Gasteiger partial charge in [-0.25, -0.2) is 4.39 Å². The van der Waals surface area contributed by atoms with Crippen LogP contribution < -0.4 is 0 Å². The zero-order valence-corrected chi connectivity index (χ0v) is 7.16. The van der Waals surface area contributed by atoms with Crippen LogP contribution in [0.2, 0.25) is 0 Å². The van der Waals surface area contributed by atoms with Crippen molar-refractivity contribution >= 4 is 16.9 Å².